The van der Waals surface area contributed by atoms with Crippen molar-refractivity contribution in [1.29, 1.82) is 0 Å². The van der Waals surface area contributed by atoms with Crippen LogP contribution in [0.4, 0.5) is 10.2 Å². The smallest absolute Gasteiger partial charge is 0.340 e. The van der Waals surface area contributed by atoms with Crippen molar-refractivity contribution in [2.24, 2.45) is 0 Å². The lowest BCUT2D eigenvalue weighted by atomic mass is 10.00. The number of rotatable bonds is 7. The van der Waals surface area contributed by atoms with Crippen LogP contribution in [0.15, 0.2) is 58.1 Å². The van der Waals surface area contributed by atoms with E-state index in [4.69, 9.17) is 9.15 Å². The SMILES string of the molecule is Cc1c(Cc2ccnc(NS(=O)(=O)N(C)C)c2F)c(=O)oc2cc(Oc3ncccn3)ccc12. The van der Waals surface area contributed by atoms with Crippen LogP contribution in [0.25, 0.3) is 11.0 Å². The minimum Gasteiger partial charge on any atom is -0.424 e. The maximum atomic E-state index is 15.0. The molecular weight excluding hydrogens is 465 g/mol. The number of ether oxygens (including phenoxy) is 1. The van der Waals surface area contributed by atoms with Crippen molar-refractivity contribution >= 4 is 27.0 Å². The molecule has 0 aliphatic carbocycles. The van der Waals surface area contributed by atoms with Crippen molar-refractivity contribution in [1.82, 2.24) is 19.3 Å². The maximum absolute atomic E-state index is 15.0. The molecule has 0 spiro atoms. The number of halogens is 1. The van der Waals surface area contributed by atoms with E-state index >= 15 is 4.39 Å². The van der Waals surface area contributed by atoms with Crippen LogP contribution in [0.5, 0.6) is 11.8 Å². The third-order valence-electron chi connectivity index (χ3n) is 5.05. The normalized spacial score (nSPS) is 11.7. The Labute approximate surface area is 194 Å². The fourth-order valence-electron chi connectivity index (χ4n) is 3.18. The molecule has 176 valence electrons. The lowest BCUT2D eigenvalue weighted by Crippen LogP contribution is -2.29. The Kier molecular flexibility index (Phi) is 6.26. The van der Waals surface area contributed by atoms with Crippen LogP contribution in [0.3, 0.4) is 0 Å². The fourth-order valence-corrected chi connectivity index (χ4v) is 3.75. The lowest BCUT2D eigenvalue weighted by molar-refractivity contribution is 0.440. The van der Waals surface area contributed by atoms with Crippen LogP contribution in [0.2, 0.25) is 0 Å². The maximum Gasteiger partial charge on any atom is 0.340 e. The monoisotopic (exact) mass is 485 g/mol. The molecule has 3 aromatic heterocycles. The average Bonchev–Trinajstić information content (AvgIpc) is 2.79. The van der Waals surface area contributed by atoms with Gasteiger partial charge in [-0.2, -0.15) is 12.7 Å². The van der Waals surface area contributed by atoms with E-state index in [9.17, 15) is 13.2 Å². The fraction of sp³-hybridized carbons (Fsp3) is 0.182. The van der Waals surface area contributed by atoms with Crippen molar-refractivity contribution < 1.29 is 22.0 Å². The highest BCUT2D eigenvalue weighted by Gasteiger charge is 2.20. The molecule has 0 unspecified atom stereocenters. The summed E-state index contributed by atoms with van der Waals surface area (Å²) in [7, 11) is -1.35. The van der Waals surface area contributed by atoms with Gasteiger partial charge in [0.1, 0.15) is 11.3 Å². The van der Waals surface area contributed by atoms with Gasteiger partial charge in [-0.3, -0.25) is 4.72 Å². The Morgan fingerprint density at radius 1 is 1.12 bits per heavy atom. The average molecular weight is 485 g/mol. The molecule has 4 rings (SSSR count). The lowest BCUT2D eigenvalue weighted by Gasteiger charge is -2.14. The highest BCUT2D eigenvalue weighted by molar-refractivity contribution is 7.90. The number of nitrogens with zero attached hydrogens (tertiary/aromatic N) is 4. The molecule has 34 heavy (non-hydrogen) atoms. The highest BCUT2D eigenvalue weighted by atomic mass is 32.2. The van der Waals surface area contributed by atoms with Gasteiger partial charge < -0.3 is 9.15 Å². The number of nitrogens with one attached hydrogen (secondary N) is 1. The summed E-state index contributed by atoms with van der Waals surface area (Å²) in [6.07, 6.45) is 4.22. The first kappa shape index (κ1) is 23.3. The summed E-state index contributed by atoms with van der Waals surface area (Å²) < 4.78 is 53.1. The molecule has 0 saturated heterocycles. The van der Waals surface area contributed by atoms with Crippen LogP contribution in [0, 0.1) is 12.7 Å². The van der Waals surface area contributed by atoms with Crippen molar-refractivity contribution in [2.45, 2.75) is 13.3 Å². The predicted molar refractivity (Wildman–Crippen MR) is 123 cm³/mol. The third kappa shape index (κ3) is 4.72. The van der Waals surface area contributed by atoms with Gasteiger partial charge in [-0.05, 0) is 42.3 Å². The van der Waals surface area contributed by atoms with Gasteiger partial charge in [0.15, 0.2) is 11.6 Å². The number of aryl methyl sites for hydroxylation is 1. The molecule has 4 aromatic rings. The molecule has 0 bridgehead atoms. The van der Waals surface area contributed by atoms with Gasteiger partial charge >= 0.3 is 21.8 Å². The largest absolute Gasteiger partial charge is 0.424 e. The summed E-state index contributed by atoms with van der Waals surface area (Å²) in [4.78, 5) is 24.5. The second-order valence-corrected chi connectivity index (χ2v) is 9.37. The number of hydrogen-bond acceptors (Lipinski definition) is 8. The second-order valence-electron chi connectivity index (χ2n) is 7.48. The number of pyridine rings is 1. The van der Waals surface area contributed by atoms with Gasteiger partial charge in [-0.15, -0.1) is 0 Å². The molecule has 1 N–H and O–H groups in total. The minimum atomic E-state index is -3.96. The van der Waals surface area contributed by atoms with Gasteiger partial charge in [0, 0.05) is 56.1 Å². The minimum absolute atomic E-state index is 0.0855. The number of benzene rings is 1. The van der Waals surface area contributed by atoms with E-state index in [0.29, 0.717) is 16.7 Å². The second kappa shape index (κ2) is 9.15. The summed E-state index contributed by atoms with van der Waals surface area (Å²) in [6, 6.07) is 8.12. The molecule has 0 amide bonds. The van der Waals surface area contributed by atoms with Gasteiger partial charge in [0.25, 0.3) is 0 Å². The molecule has 1 aromatic carbocycles. The van der Waals surface area contributed by atoms with E-state index in [1.807, 2.05) is 0 Å². The van der Waals surface area contributed by atoms with Crippen LogP contribution in [-0.4, -0.2) is 41.8 Å². The number of anilines is 1. The Morgan fingerprint density at radius 3 is 2.56 bits per heavy atom. The van der Waals surface area contributed by atoms with Gasteiger partial charge in [-0.25, -0.2) is 24.1 Å². The zero-order chi connectivity index (χ0) is 24.5. The Balaban J connectivity index is 1.67. The van der Waals surface area contributed by atoms with Crippen LogP contribution < -0.4 is 15.1 Å². The molecule has 0 fully saturated rings. The molecular formula is C22H20FN5O5S. The summed E-state index contributed by atoms with van der Waals surface area (Å²) in [5.74, 6) is -0.954. The quantitative estimate of drug-likeness (QED) is 0.396. The first-order chi connectivity index (χ1) is 16.2. The van der Waals surface area contributed by atoms with Crippen molar-refractivity contribution in [3.8, 4) is 11.8 Å². The van der Waals surface area contributed by atoms with Gasteiger partial charge in [0.2, 0.25) is 0 Å². The molecule has 3 heterocycles. The van der Waals surface area contributed by atoms with E-state index < -0.39 is 27.5 Å². The third-order valence-corrected chi connectivity index (χ3v) is 6.47. The van der Waals surface area contributed by atoms with E-state index in [0.717, 1.165) is 4.31 Å². The topological polar surface area (TPSA) is 128 Å². The van der Waals surface area contributed by atoms with Gasteiger partial charge in [0.05, 0.1) is 0 Å². The number of fused-ring (bicyclic) bond motifs is 1. The Bertz CT molecular complexity index is 1520. The molecule has 12 heteroatoms. The highest BCUT2D eigenvalue weighted by Crippen LogP contribution is 2.28. The van der Waals surface area contributed by atoms with Crippen molar-refractivity contribution in [3.63, 3.8) is 0 Å². The zero-order valence-electron chi connectivity index (χ0n) is 18.4. The Morgan fingerprint density at radius 2 is 1.85 bits per heavy atom. The molecule has 0 aliphatic heterocycles. The number of hydrogen-bond donors (Lipinski definition) is 1. The molecule has 0 atom stereocenters. The van der Waals surface area contributed by atoms with Crippen LogP contribution in [-0.2, 0) is 16.6 Å². The molecule has 0 aliphatic rings. The standard InChI is InChI=1S/C22H20FN5O5S/c1-13-16-6-5-15(32-22-25-8-4-9-26-22)12-18(16)33-21(29)17(13)11-14-7-10-24-20(19(14)23)27-34(30,31)28(2)3/h4-10,12H,11H2,1-3H3,(H,24,27). The Hall–Kier alpha value is -3.90. The van der Waals surface area contributed by atoms with Gasteiger partial charge in [-0.1, -0.05) is 0 Å². The predicted octanol–water partition coefficient (Wildman–Crippen LogP) is 3.03. The van der Waals surface area contributed by atoms with Crippen LogP contribution in [0.1, 0.15) is 16.7 Å². The first-order valence-corrected chi connectivity index (χ1v) is 11.4. The summed E-state index contributed by atoms with van der Waals surface area (Å²) in [5.41, 5.74) is 0.556. The number of aromatic nitrogens is 3. The van der Waals surface area contributed by atoms with Crippen molar-refractivity contribution in [2.75, 3.05) is 18.8 Å². The van der Waals surface area contributed by atoms with E-state index in [1.165, 1.54) is 38.8 Å². The zero-order valence-corrected chi connectivity index (χ0v) is 19.3. The molecule has 0 saturated carbocycles. The molecule has 10 nitrogen and oxygen atoms in total. The van der Waals surface area contributed by atoms with E-state index in [1.54, 1.807) is 31.2 Å². The summed E-state index contributed by atoms with van der Waals surface area (Å²) in [5, 5.41) is 0.638. The van der Waals surface area contributed by atoms with E-state index in [2.05, 4.69) is 19.7 Å². The first-order valence-electron chi connectivity index (χ1n) is 10.0. The van der Waals surface area contributed by atoms with Crippen molar-refractivity contribution in [3.05, 3.63) is 81.9 Å². The van der Waals surface area contributed by atoms with Crippen LogP contribution >= 0.6 is 0 Å². The summed E-state index contributed by atoms with van der Waals surface area (Å²) in [6.45, 7) is 1.73. The van der Waals surface area contributed by atoms with E-state index in [-0.39, 0.29) is 29.1 Å². The molecule has 0 radical (unpaired) electrons. The summed E-state index contributed by atoms with van der Waals surface area (Å²) >= 11 is 0.